The monoisotopic (exact) mass is 381 g/mol. The number of aromatic amines is 1. The van der Waals surface area contributed by atoms with E-state index in [-0.39, 0.29) is 17.1 Å². The molecule has 27 heavy (non-hydrogen) atoms. The van der Waals surface area contributed by atoms with Crippen LogP contribution in [0.25, 0.3) is 5.57 Å². The first kappa shape index (κ1) is 18.4. The third kappa shape index (κ3) is 4.24. The van der Waals surface area contributed by atoms with Gasteiger partial charge in [-0.05, 0) is 23.8 Å². The fraction of sp³-hybridized carbons (Fsp3) is 0.0500. The van der Waals surface area contributed by atoms with Gasteiger partial charge in [-0.15, -0.1) is 0 Å². The number of imidazole rings is 1. The fourth-order valence-electron chi connectivity index (χ4n) is 2.51. The molecule has 0 spiro atoms. The Morgan fingerprint density at radius 1 is 1.15 bits per heavy atom. The summed E-state index contributed by atoms with van der Waals surface area (Å²) in [6.07, 6.45) is 1.10. The third-order valence-corrected chi connectivity index (χ3v) is 4.20. The lowest BCUT2D eigenvalue weighted by molar-refractivity contribution is 0.0691. The number of carboxylic acids is 1. The number of allylic oxidation sites excluding steroid dienone is 1. The van der Waals surface area contributed by atoms with E-state index in [9.17, 15) is 9.59 Å². The number of H-pyrrole nitrogens is 1. The number of rotatable bonds is 7. The molecule has 3 rings (SSSR count). The van der Waals surface area contributed by atoms with Crippen molar-refractivity contribution in [3.8, 4) is 0 Å². The smallest absolute Gasteiger partial charge is 0.353 e. The molecule has 0 aliphatic carbocycles. The Morgan fingerprint density at radius 2 is 1.85 bits per heavy atom. The zero-order valence-electron chi connectivity index (χ0n) is 14.2. The van der Waals surface area contributed by atoms with Crippen LogP contribution in [-0.4, -0.2) is 26.8 Å². The van der Waals surface area contributed by atoms with Crippen LogP contribution in [0.15, 0.2) is 61.3 Å². The van der Waals surface area contributed by atoms with E-state index in [0.29, 0.717) is 17.1 Å². The molecule has 136 valence electrons. The number of Topliss-reactive ketones (excluding diaryl/α,β-unsaturated/α-hetero) is 1. The summed E-state index contributed by atoms with van der Waals surface area (Å²) in [5.41, 5.74) is 2.43. The lowest BCUT2D eigenvalue weighted by atomic mass is 10.0. The van der Waals surface area contributed by atoms with E-state index in [4.69, 9.17) is 16.7 Å². The predicted molar refractivity (Wildman–Crippen MR) is 104 cm³/mol. The van der Waals surface area contributed by atoms with Crippen molar-refractivity contribution in [3.05, 3.63) is 89.0 Å². The van der Waals surface area contributed by atoms with Crippen molar-refractivity contribution in [2.75, 3.05) is 5.32 Å². The van der Waals surface area contributed by atoms with Crippen molar-refractivity contribution in [1.29, 1.82) is 0 Å². The normalized spacial score (nSPS) is 10.4. The molecule has 0 saturated carbocycles. The Morgan fingerprint density at radius 3 is 2.52 bits per heavy atom. The number of hydrogen-bond donors (Lipinski definition) is 3. The number of nitrogens with one attached hydrogen (secondary N) is 2. The molecule has 0 aliphatic rings. The molecule has 1 heterocycles. The van der Waals surface area contributed by atoms with Crippen molar-refractivity contribution in [2.45, 2.75) is 6.54 Å². The van der Waals surface area contributed by atoms with Crippen LogP contribution in [0.4, 0.5) is 5.69 Å². The van der Waals surface area contributed by atoms with E-state index in [0.717, 1.165) is 17.4 Å². The average molecular weight is 382 g/mol. The molecule has 0 atom stereocenters. The van der Waals surface area contributed by atoms with Crippen LogP contribution in [-0.2, 0) is 6.54 Å². The number of carbonyl (C=O) groups excluding carboxylic acids is 1. The summed E-state index contributed by atoms with van der Waals surface area (Å²) in [6.45, 7) is 4.41. The van der Waals surface area contributed by atoms with Gasteiger partial charge in [-0.2, -0.15) is 0 Å². The summed E-state index contributed by atoms with van der Waals surface area (Å²) >= 11 is 5.89. The third-order valence-electron chi connectivity index (χ3n) is 3.94. The van der Waals surface area contributed by atoms with Gasteiger partial charge >= 0.3 is 5.97 Å². The van der Waals surface area contributed by atoms with Crippen LogP contribution >= 0.6 is 11.6 Å². The van der Waals surface area contributed by atoms with E-state index in [1.165, 1.54) is 0 Å². The van der Waals surface area contributed by atoms with Gasteiger partial charge in [0.05, 0.1) is 6.20 Å². The minimum absolute atomic E-state index is 0.0649. The first-order valence-corrected chi connectivity index (χ1v) is 8.43. The lowest BCUT2D eigenvalue weighted by Crippen LogP contribution is -2.08. The Balaban J connectivity index is 1.79. The highest BCUT2D eigenvalue weighted by molar-refractivity contribution is 6.30. The zero-order valence-corrected chi connectivity index (χ0v) is 15.0. The SMILES string of the molecule is C=C(C(=O)c1ncc(C(=O)O)[nH]1)c1ccccc1NCc1ccc(Cl)cc1. The molecule has 3 N–H and O–H groups in total. The van der Waals surface area contributed by atoms with Crippen LogP contribution in [0.3, 0.4) is 0 Å². The van der Waals surface area contributed by atoms with Crippen LogP contribution < -0.4 is 5.32 Å². The Kier molecular flexibility index (Phi) is 5.38. The van der Waals surface area contributed by atoms with E-state index >= 15 is 0 Å². The maximum absolute atomic E-state index is 12.6. The van der Waals surface area contributed by atoms with Crippen LogP contribution in [0.1, 0.15) is 32.2 Å². The maximum Gasteiger partial charge on any atom is 0.353 e. The molecule has 0 saturated heterocycles. The number of anilines is 1. The summed E-state index contributed by atoms with van der Waals surface area (Å²) in [6, 6.07) is 14.7. The highest BCUT2D eigenvalue weighted by Crippen LogP contribution is 2.25. The van der Waals surface area contributed by atoms with Gasteiger partial charge in [0.25, 0.3) is 0 Å². The lowest BCUT2D eigenvalue weighted by Gasteiger charge is -2.13. The second kappa shape index (κ2) is 7.88. The first-order valence-electron chi connectivity index (χ1n) is 8.05. The van der Waals surface area contributed by atoms with Gasteiger partial charge in [0, 0.05) is 28.4 Å². The molecule has 0 amide bonds. The van der Waals surface area contributed by atoms with Crippen molar-refractivity contribution in [1.82, 2.24) is 9.97 Å². The van der Waals surface area contributed by atoms with Crippen molar-refractivity contribution in [2.24, 2.45) is 0 Å². The van der Waals surface area contributed by atoms with Gasteiger partial charge in [0.15, 0.2) is 5.82 Å². The highest BCUT2D eigenvalue weighted by Gasteiger charge is 2.19. The predicted octanol–water partition coefficient (Wildman–Crippen LogP) is 4.27. The number of halogens is 1. The minimum Gasteiger partial charge on any atom is -0.477 e. The first-order chi connectivity index (χ1) is 13.0. The Hall–Kier alpha value is -3.38. The summed E-state index contributed by atoms with van der Waals surface area (Å²) < 4.78 is 0. The number of benzene rings is 2. The van der Waals surface area contributed by atoms with E-state index in [1.54, 1.807) is 12.1 Å². The van der Waals surface area contributed by atoms with Gasteiger partial charge in [0.1, 0.15) is 5.69 Å². The Labute approximate surface area is 160 Å². The number of carbonyl (C=O) groups is 2. The Bertz CT molecular complexity index is 1010. The summed E-state index contributed by atoms with van der Waals surface area (Å²) in [4.78, 5) is 29.9. The number of hydrogen-bond acceptors (Lipinski definition) is 4. The molecule has 0 bridgehead atoms. The second-order valence-corrected chi connectivity index (χ2v) is 6.22. The molecule has 0 unspecified atom stereocenters. The molecule has 0 fully saturated rings. The van der Waals surface area contributed by atoms with Gasteiger partial charge < -0.3 is 15.4 Å². The van der Waals surface area contributed by atoms with Crippen LogP contribution in [0.2, 0.25) is 5.02 Å². The van der Waals surface area contributed by atoms with Crippen molar-refractivity contribution < 1.29 is 14.7 Å². The van der Waals surface area contributed by atoms with Gasteiger partial charge in [-0.25, -0.2) is 9.78 Å². The van der Waals surface area contributed by atoms with Gasteiger partial charge in [0.2, 0.25) is 5.78 Å². The molecule has 0 aliphatic heterocycles. The molecule has 3 aromatic rings. The number of aromatic nitrogens is 2. The molecule has 1 aromatic heterocycles. The topological polar surface area (TPSA) is 95.1 Å². The molecular formula is C20H16ClN3O3. The summed E-state index contributed by atoms with van der Waals surface area (Å²) in [7, 11) is 0. The summed E-state index contributed by atoms with van der Waals surface area (Å²) in [5.74, 6) is -1.72. The minimum atomic E-state index is -1.18. The quantitative estimate of drug-likeness (QED) is 0.419. The van der Waals surface area contributed by atoms with E-state index in [1.807, 2.05) is 36.4 Å². The molecule has 0 radical (unpaired) electrons. The number of aromatic carboxylic acids is 1. The second-order valence-electron chi connectivity index (χ2n) is 5.78. The number of carboxylic acid groups (broad SMARTS) is 1. The fourth-order valence-corrected chi connectivity index (χ4v) is 2.64. The van der Waals surface area contributed by atoms with Gasteiger partial charge in [-0.1, -0.05) is 48.5 Å². The summed E-state index contributed by atoms with van der Waals surface area (Å²) in [5, 5.41) is 12.9. The maximum atomic E-state index is 12.6. The standard InChI is InChI=1S/C20H16ClN3O3/c1-12(18(25)19-23-11-17(24-19)20(26)27)15-4-2-3-5-16(15)22-10-13-6-8-14(21)9-7-13/h2-9,11,22H,1,10H2,(H,23,24)(H,26,27). The van der Waals surface area contributed by atoms with E-state index in [2.05, 4.69) is 21.9 Å². The number of ketones is 1. The average Bonchev–Trinajstić information content (AvgIpc) is 3.17. The van der Waals surface area contributed by atoms with Gasteiger partial charge in [-0.3, -0.25) is 4.79 Å². The largest absolute Gasteiger partial charge is 0.477 e. The van der Waals surface area contributed by atoms with Crippen molar-refractivity contribution >= 4 is 34.6 Å². The zero-order chi connectivity index (χ0) is 19.4. The molecule has 6 nitrogen and oxygen atoms in total. The molecule has 7 heteroatoms. The van der Waals surface area contributed by atoms with E-state index < -0.39 is 11.8 Å². The van der Waals surface area contributed by atoms with Crippen molar-refractivity contribution in [3.63, 3.8) is 0 Å². The molecular weight excluding hydrogens is 366 g/mol. The van der Waals surface area contributed by atoms with Crippen LogP contribution in [0.5, 0.6) is 0 Å². The number of nitrogens with zero attached hydrogens (tertiary/aromatic N) is 1. The number of para-hydroxylation sites is 1. The highest BCUT2D eigenvalue weighted by atomic mass is 35.5. The molecule has 2 aromatic carbocycles. The van der Waals surface area contributed by atoms with Crippen LogP contribution in [0, 0.1) is 0 Å².